The second kappa shape index (κ2) is 8.34. The van der Waals surface area contributed by atoms with Crippen molar-refractivity contribution >= 4 is 6.29 Å². The highest BCUT2D eigenvalue weighted by Gasteiger charge is 2.15. The summed E-state index contributed by atoms with van der Waals surface area (Å²) >= 11 is 0. The van der Waals surface area contributed by atoms with E-state index in [0.717, 1.165) is 28.5 Å². The lowest BCUT2D eigenvalue weighted by atomic mass is 10.0. The summed E-state index contributed by atoms with van der Waals surface area (Å²) in [6.07, 6.45) is 0.860. The molecule has 0 atom stereocenters. The average Bonchev–Trinajstić information content (AvgIpc) is 2.69. The van der Waals surface area contributed by atoms with E-state index in [1.54, 1.807) is 6.07 Å². The summed E-state index contributed by atoms with van der Waals surface area (Å²) < 4.78 is 12.1. The van der Waals surface area contributed by atoms with Crippen LogP contribution in [0.1, 0.15) is 32.6 Å². The Morgan fingerprint density at radius 2 is 1.31 bits per heavy atom. The number of ether oxygens (including phenoxy) is 2. The minimum atomic E-state index is 0.420. The van der Waals surface area contributed by atoms with E-state index in [9.17, 15) is 4.79 Å². The van der Waals surface area contributed by atoms with Crippen LogP contribution in [0.5, 0.6) is 11.5 Å². The van der Waals surface area contributed by atoms with Crippen molar-refractivity contribution in [3.8, 4) is 11.5 Å². The van der Waals surface area contributed by atoms with Crippen LogP contribution >= 0.6 is 0 Å². The average molecular weight is 346 g/mol. The normalized spacial score (nSPS) is 10.4. The van der Waals surface area contributed by atoms with Gasteiger partial charge in [-0.1, -0.05) is 60.7 Å². The zero-order valence-electron chi connectivity index (χ0n) is 15.1. The summed E-state index contributed by atoms with van der Waals surface area (Å²) in [7, 11) is 0. The van der Waals surface area contributed by atoms with Crippen LogP contribution in [0.15, 0.2) is 66.7 Å². The van der Waals surface area contributed by atoms with Gasteiger partial charge in [-0.15, -0.1) is 0 Å². The molecule has 0 radical (unpaired) electrons. The van der Waals surface area contributed by atoms with Crippen molar-refractivity contribution in [1.82, 2.24) is 0 Å². The molecule has 0 aliphatic heterocycles. The maximum atomic E-state index is 11.4. The minimum absolute atomic E-state index is 0.420. The van der Waals surface area contributed by atoms with Crippen LogP contribution in [0.3, 0.4) is 0 Å². The van der Waals surface area contributed by atoms with Crippen LogP contribution in [0.2, 0.25) is 0 Å². The number of hydrogen-bond donors (Lipinski definition) is 0. The fraction of sp³-hybridized carbons (Fsp3) is 0.174. The van der Waals surface area contributed by atoms with E-state index in [0.29, 0.717) is 30.3 Å². The number of carbonyl (C=O) groups excluding carboxylic acids is 1. The Hall–Kier alpha value is -3.07. The smallest absolute Gasteiger partial charge is 0.164 e. The van der Waals surface area contributed by atoms with Crippen LogP contribution in [0, 0.1) is 13.8 Å². The van der Waals surface area contributed by atoms with Crippen molar-refractivity contribution in [1.29, 1.82) is 0 Å². The van der Waals surface area contributed by atoms with Crippen LogP contribution < -0.4 is 9.47 Å². The minimum Gasteiger partial charge on any atom is -0.485 e. The lowest BCUT2D eigenvalue weighted by Crippen LogP contribution is -2.05. The Morgan fingerprint density at radius 3 is 1.85 bits per heavy atom. The summed E-state index contributed by atoms with van der Waals surface area (Å²) in [6.45, 7) is 4.75. The molecule has 0 unspecified atom stereocenters. The molecule has 132 valence electrons. The molecule has 0 aliphatic carbocycles. The van der Waals surface area contributed by atoms with Gasteiger partial charge in [-0.25, -0.2) is 0 Å². The van der Waals surface area contributed by atoms with Crippen molar-refractivity contribution in [3.63, 3.8) is 0 Å². The Morgan fingerprint density at radius 1 is 0.769 bits per heavy atom. The summed E-state index contributed by atoms with van der Waals surface area (Å²) in [5.74, 6) is 1.28. The van der Waals surface area contributed by atoms with E-state index in [1.807, 2.05) is 74.5 Å². The first-order valence-electron chi connectivity index (χ1n) is 8.62. The van der Waals surface area contributed by atoms with Crippen molar-refractivity contribution in [2.45, 2.75) is 27.1 Å². The Bertz CT molecular complexity index is 871. The molecule has 0 bridgehead atoms. The van der Waals surface area contributed by atoms with Crippen molar-refractivity contribution < 1.29 is 14.3 Å². The van der Waals surface area contributed by atoms with Gasteiger partial charge in [0.15, 0.2) is 11.5 Å². The third-order valence-electron chi connectivity index (χ3n) is 4.44. The van der Waals surface area contributed by atoms with Gasteiger partial charge in [0.25, 0.3) is 0 Å². The second-order valence-corrected chi connectivity index (χ2v) is 6.21. The van der Waals surface area contributed by atoms with Crippen molar-refractivity contribution in [2.24, 2.45) is 0 Å². The molecule has 3 rings (SSSR count). The molecule has 0 N–H and O–H groups in total. The third kappa shape index (κ3) is 4.12. The monoisotopic (exact) mass is 346 g/mol. The molecule has 0 fully saturated rings. The van der Waals surface area contributed by atoms with Gasteiger partial charge in [-0.3, -0.25) is 4.79 Å². The molecule has 3 heteroatoms. The zero-order valence-corrected chi connectivity index (χ0v) is 15.1. The van der Waals surface area contributed by atoms with E-state index in [4.69, 9.17) is 9.47 Å². The number of carbonyl (C=O) groups is 1. The molecule has 0 aromatic heterocycles. The van der Waals surface area contributed by atoms with E-state index in [1.165, 1.54) is 0 Å². The summed E-state index contributed by atoms with van der Waals surface area (Å²) in [5.41, 5.74) is 4.60. The molecule has 26 heavy (non-hydrogen) atoms. The zero-order chi connectivity index (χ0) is 18.4. The van der Waals surface area contributed by atoms with E-state index < -0.39 is 0 Å². The van der Waals surface area contributed by atoms with Gasteiger partial charge >= 0.3 is 0 Å². The molecule has 0 amide bonds. The van der Waals surface area contributed by atoms with Crippen molar-refractivity contribution in [3.05, 3.63) is 94.5 Å². The summed E-state index contributed by atoms with van der Waals surface area (Å²) in [6, 6.07) is 21.7. The van der Waals surface area contributed by atoms with Gasteiger partial charge in [-0.2, -0.15) is 0 Å². The van der Waals surface area contributed by atoms with Crippen LogP contribution in [-0.2, 0) is 13.2 Å². The fourth-order valence-corrected chi connectivity index (χ4v) is 2.76. The largest absolute Gasteiger partial charge is 0.485 e. The summed E-state index contributed by atoms with van der Waals surface area (Å²) in [4.78, 5) is 11.4. The molecule has 0 saturated carbocycles. The molecule has 0 heterocycles. The first-order valence-corrected chi connectivity index (χ1v) is 8.62. The maximum absolute atomic E-state index is 11.4. The number of hydrogen-bond acceptors (Lipinski definition) is 3. The molecule has 3 aromatic carbocycles. The fourth-order valence-electron chi connectivity index (χ4n) is 2.76. The lowest BCUT2D eigenvalue weighted by molar-refractivity contribution is 0.112. The van der Waals surface area contributed by atoms with Gasteiger partial charge in [0.05, 0.1) is 0 Å². The molecule has 3 aromatic rings. The first-order chi connectivity index (χ1) is 12.7. The van der Waals surface area contributed by atoms with Crippen LogP contribution in [-0.4, -0.2) is 6.29 Å². The molecule has 0 saturated heterocycles. The van der Waals surface area contributed by atoms with Crippen LogP contribution in [0.25, 0.3) is 0 Å². The van der Waals surface area contributed by atoms with Gasteiger partial charge in [-0.05, 0) is 42.2 Å². The predicted octanol–water partition coefficient (Wildman–Crippen LogP) is 5.27. The quantitative estimate of drug-likeness (QED) is 0.546. The van der Waals surface area contributed by atoms with Crippen molar-refractivity contribution in [2.75, 3.05) is 0 Å². The summed E-state index contributed by atoms with van der Waals surface area (Å²) in [5, 5.41) is 0. The van der Waals surface area contributed by atoms with Gasteiger partial charge < -0.3 is 9.47 Å². The standard InChI is InChI=1S/C23H22O3/c1-17-18(2)23(26-16-20-11-7-4-8-12-20)22(13-21(17)14-24)25-15-19-9-5-3-6-10-19/h3-14H,15-16H2,1-2H3. The van der Waals surface area contributed by atoms with E-state index >= 15 is 0 Å². The highest BCUT2D eigenvalue weighted by molar-refractivity contribution is 5.80. The molecule has 3 nitrogen and oxygen atoms in total. The number of benzene rings is 3. The van der Waals surface area contributed by atoms with Crippen LogP contribution in [0.4, 0.5) is 0 Å². The van der Waals surface area contributed by atoms with E-state index in [-0.39, 0.29) is 0 Å². The first kappa shape index (κ1) is 17.7. The highest BCUT2D eigenvalue weighted by Crippen LogP contribution is 2.36. The molecular formula is C23H22O3. The molecule has 0 spiro atoms. The molecular weight excluding hydrogens is 324 g/mol. The maximum Gasteiger partial charge on any atom is 0.164 e. The van der Waals surface area contributed by atoms with Gasteiger partial charge in [0.2, 0.25) is 0 Å². The highest BCUT2D eigenvalue weighted by atomic mass is 16.5. The Labute approximate surface area is 154 Å². The topological polar surface area (TPSA) is 35.5 Å². The molecule has 0 aliphatic rings. The van der Waals surface area contributed by atoms with Gasteiger partial charge in [0.1, 0.15) is 19.5 Å². The third-order valence-corrected chi connectivity index (χ3v) is 4.44. The SMILES string of the molecule is Cc1c(C=O)cc(OCc2ccccc2)c(OCc2ccccc2)c1C. The van der Waals surface area contributed by atoms with E-state index in [2.05, 4.69) is 0 Å². The number of aldehydes is 1. The number of rotatable bonds is 7. The lowest BCUT2D eigenvalue weighted by Gasteiger charge is -2.18. The second-order valence-electron chi connectivity index (χ2n) is 6.21. The predicted molar refractivity (Wildman–Crippen MR) is 103 cm³/mol. The Kier molecular flexibility index (Phi) is 5.69. The Balaban J connectivity index is 1.87. The van der Waals surface area contributed by atoms with Gasteiger partial charge in [0, 0.05) is 5.56 Å².